The lowest BCUT2D eigenvalue weighted by Crippen LogP contribution is -2.40. The average Bonchev–Trinajstić information content (AvgIpc) is 2.44. The van der Waals surface area contributed by atoms with Crippen LogP contribution in [0.4, 0.5) is 0 Å². The van der Waals surface area contributed by atoms with Gasteiger partial charge in [0.15, 0.2) is 5.96 Å². The molecule has 0 aliphatic rings. The molecule has 21 heavy (non-hydrogen) atoms. The van der Waals surface area contributed by atoms with Gasteiger partial charge in [-0.15, -0.1) is 24.0 Å². The van der Waals surface area contributed by atoms with Gasteiger partial charge in [0.1, 0.15) is 5.75 Å². The fourth-order valence-corrected chi connectivity index (χ4v) is 1.90. The Bertz CT molecular complexity index is 427. The van der Waals surface area contributed by atoms with E-state index in [9.17, 15) is 0 Å². The number of nitrogens with zero attached hydrogens (tertiary/aromatic N) is 1. The molecule has 0 saturated heterocycles. The highest BCUT2D eigenvalue weighted by molar-refractivity contribution is 14.0. The van der Waals surface area contributed by atoms with E-state index in [2.05, 4.69) is 16.4 Å². The van der Waals surface area contributed by atoms with Crippen molar-refractivity contribution in [3.8, 4) is 5.75 Å². The minimum Gasteiger partial charge on any atom is -0.497 e. The van der Waals surface area contributed by atoms with E-state index in [0.29, 0.717) is 19.1 Å². The van der Waals surface area contributed by atoms with E-state index < -0.39 is 0 Å². The minimum atomic E-state index is 0. The van der Waals surface area contributed by atoms with Gasteiger partial charge in [0.05, 0.1) is 13.7 Å². The Morgan fingerprint density at radius 3 is 2.81 bits per heavy atom. The Labute approximate surface area is 144 Å². The molecule has 0 bridgehead atoms. The molecule has 5 nitrogen and oxygen atoms in total. The van der Waals surface area contributed by atoms with Crippen molar-refractivity contribution in [1.29, 1.82) is 0 Å². The summed E-state index contributed by atoms with van der Waals surface area (Å²) < 4.78 is 10.2. The molecule has 3 N–H and O–H groups in total. The summed E-state index contributed by atoms with van der Waals surface area (Å²) in [5, 5.41) is 3.08. The fourth-order valence-electron chi connectivity index (χ4n) is 1.90. The van der Waals surface area contributed by atoms with Crippen LogP contribution in [-0.4, -0.2) is 39.4 Å². The number of halogens is 1. The number of aryl methyl sites for hydroxylation is 1. The van der Waals surface area contributed by atoms with E-state index in [1.165, 1.54) is 5.56 Å². The molecule has 1 aromatic carbocycles. The maximum Gasteiger partial charge on any atom is 0.188 e. The number of benzene rings is 1. The Kier molecular flexibility index (Phi) is 11.1. The molecule has 120 valence electrons. The normalized spacial score (nSPS) is 12.4. The summed E-state index contributed by atoms with van der Waals surface area (Å²) in [5.41, 5.74) is 7.04. The lowest BCUT2D eigenvalue weighted by molar-refractivity contribution is 0.179. The van der Waals surface area contributed by atoms with Crippen molar-refractivity contribution in [3.63, 3.8) is 0 Å². The summed E-state index contributed by atoms with van der Waals surface area (Å²) in [6.45, 7) is 3.32. The lowest BCUT2D eigenvalue weighted by atomic mass is 10.1. The van der Waals surface area contributed by atoms with Crippen LogP contribution in [0.2, 0.25) is 0 Å². The summed E-state index contributed by atoms with van der Waals surface area (Å²) in [4.78, 5) is 4.30. The SMILES string of the molecule is COCC(C)NC(N)=NCCCc1cccc(OC)c1.I. The largest absolute Gasteiger partial charge is 0.497 e. The first kappa shape index (κ1) is 20.0. The van der Waals surface area contributed by atoms with Crippen LogP contribution in [0.3, 0.4) is 0 Å². The predicted octanol–water partition coefficient (Wildman–Crippen LogP) is 2.19. The smallest absolute Gasteiger partial charge is 0.188 e. The molecule has 1 atom stereocenters. The van der Waals surface area contributed by atoms with Crippen molar-refractivity contribution in [1.82, 2.24) is 5.32 Å². The first-order valence-corrected chi connectivity index (χ1v) is 6.84. The lowest BCUT2D eigenvalue weighted by Gasteiger charge is -2.13. The van der Waals surface area contributed by atoms with Crippen molar-refractivity contribution in [3.05, 3.63) is 29.8 Å². The Morgan fingerprint density at radius 1 is 1.38 bits per heavy atom. The van der Waals surface area contributed by atoms with Crippen LogP contribution in [0.15, 0.2) is 29.3 Å². The molecule has 1 unspecified atom stereocenters. The molecular formula is C15H26IN3O2. The third-order valence-electron chi connectivity index (χ3n) is 2.85. The van der Waals surface area contributed by atoms with E-state index in [0.717, 1.165) is 18.6 Å². The maximum atomic E-state index is 5.79. The molecule has 0 aliphatic heterocycles. The first-order valence-electron chi connectivity index (χ1n) is 6.84. The van der Waals surface area contributed by atoms with Gasteiger partial charge >= 0.3 is 0 Å². The zero-order valence-electron chi connectivity index (χ0n) is 13.0. The van der Waals surface area contributed by atoms with Crippen LogP contribution in [0.5, 0.6) is 5.75 Å². The van der Waals surface area contributed by atoms with Gasteiger partial charge in [0, 0.05) is 19.7 Å². The number of hydrogen-bond donors (Lipinski definition) is 2. The molecular weight excluding hydrogens is 381 g/mol. The van der Waals surface area contributed by atoms with Gasteiger partial charge in [-0.05, 0) is 37.5 Å². The Hall–Kier alpha value is -1.02. The molecule has 0 aromatic heterocycles. The van der Waals surface area contributed by atoms with Crippen LogP contribution in [0.25, 0.3) is 0 Å². The second-order valence-electron chi connectivity index (χ2n) is 4.72. The Balaban J connectivity index is 0.00000400. The molecule has 0 spiro atoms. The van der Waals surface area contributed by atoms with Crippen LogP contribution >= 0.6 is 24.0 Å². The standard InChI is InChI=1S/C15H25N3O2.HI/c1-12(11-19-2)18-15(16)17-9-5-7-13-6-4-8-14(10-13)20-3;/h4,6,8,10,12H,5,7,9,11H2,1-3H3,(H3,16,17,18);1H. The van der Waals surface area contributed by atoms with Crippen LogP contribution in [-0.2, 0) is 11.2 Å². The highest BCUT2D eigenvalue weighted by atomic mass is 127. The summed E-state index contributed by atoms with van der Waals surface area (Å²) in [6, 6.07) is 8.25. The van der Waals surface area contributed by atoms with E-state index in [-0.39, 0.29) is 30.0 Å². The number of rotatable bonds is 8. The van der Waals surface area contributed by atoms with Gasteiger partial charge in [-0.1, -0.05) is 12.1 Å². The van der Waals surface area contributed by atoms with Crippen molar-refractivity contribution < 1.29 is 9.47 Å². The van der Waals surface area contributed by atoms with E-state index in [1.54, 1.807) is 14.2 Å². The van der Waals surface area contributed by atoms with Gasteiger partial charge in [-0.2, -0.15) is 0 Å². The molecule has 0 fully saturated rings. The third-order valence-corrected chi connectivity index (χ3v) is 2.85. The number of methoxy groups -OCH3 is 2. The van der Waals surface area contributed by atoms with Gasteiger partial charge < -0.3 is 20.5 Å². The number of guanidine groups is 1. The van der Waals surface area contributed by atoms with Gasteiger partial charge in [-0.25, -0.2) is 0 Å². The number of nitrogens with one attached hydrogen (secondary N) is 1. The monoisotopic (exact) mass is 407 g/mol. The minimum absolute atomic E-state index is 0. The van der Waals surface area contributed by atoms with Crippen LogP contribution < -0.4 is 15.8 Å². The van der Waals surface area contributed by atoms with Gasteiger partial charge in [0.25, 0.3) is 0 Å². The summed E-state index contributed by atoms with van der Waals surface area (Å²) in [6.07, 6.45) is 1.91. The van der Waals surface area contributed by atoms with E-state index in [4.69, 9.17) is 15.2 Å². The topological polar surface area (TPSA) is 68.9 Å². The van der Waals surface area contributed by atoms with Gasteiger partial charge in [0.2, 0.25) is 0 Å². The molecule has 0 heterocycles. The number of aliphatic imine (C=N–C) groups is 1. The predicted molar refractivity (Wildman–Crippen MR) is 97.7 cm³/mol. The van der Waals surface area contributed by atoms with Crippen LogP contribution in [0.1, 0.15) is 18.9 Å². The number of hydrogen-bond acceptors (Lipinski definition) is 3. The molecule has 0 aliphatic carbocycles. The zero-order valence-corrected chi connectivity index (χ0v) is 15.3. The molecule has 1 aromatic rings. The first-order chi connectivity index (χ1) is 9.65. The number of ether oxygens (including phenoxy) is 2. The van der Waals surface area contributed by atoms with Crippen molar-refractivity contribution in [2.24, 2.45) is 10.7 Å². The summed E-state index contributed by atoms with van der Waals surface area (Å²) >= 11 is 0. The fraction of sp³-hybridized carbons (Fsp3) is 0.533. The third kappa shape index (κ3) is 8.77. The molecule has 0 saturated carbocycles. The van der Waals surface area contributed by atoms with Gasteiger partial charge in [-0.3, -0.25) is 4.99 Å². The summed E-state index contributed by atoms with van der Waals surface area (Å²) in [7, 11) is 3.34. The molecule has 0 amide bonds. The quantitative estimate of drug-likeness (QED) is 0.300. The van der Waals surface area contributed by atoms with Crippen molar-refractivity contribution >= 4 is 29.9 Å². The molecule has 6 heteroatoms. The second kappa shape index (κ2) is 11.6. The summed E-state index contributed by atoms with van der Waals surface area (Å²) in [5.74, 6) is 1.36. The molecule has 1 rings (SSSR count). The van der Waals surface area contributed by atoms with E-state index >= 15 is 0 Å². The van der Waals surface area contributed by atoms with Crippen LogP contribution in [0, 0.1) is 0 Å². The Morgan fingerprint density at radius 2 is 2.14 bits per heavy atom. The highest BCUT2D eigenvalue weighted by Crippen LogP contribution is 2.13. The zero-order chi connectivity index (χ0) is 14.8. The highest BCUT2D eigenvalue weighted by Gasteiger charge is 2.01. The number of nitrogens with two attached hydrogens (primary N) is 1. The molecule has 0 radical (unpaired) electrons. The average molecular weight is 407 g/mol. The van der Waals surface area contributed by atoms with E-state index in [1.807, 2.05) is 25.1 Å². The second-order valence-corrected chi connectivity index (χ2v) is 4.72. The van der Waals surface area contributed by atoms with Crippen molar-refractivity contribution in [2.45, 2.75) is 25.8 Å². The van der Waals surface area contributed by atoms with Crippen molar-refractivity contribution in [2.75, 3.05) is 27.4 Å². The maximum absolute atomic E-state index is 5.79.